The van der Waals surface area contributed by atoms with E-state index in [4.69, 9.17) is 4.74 Å². The van der Waals surface area contributed by atoms with Gasteiger partial charge < -0.3 is 9.47 Å². The molecule has 0 aliphatic heterocycles. The lowest BCUT2D eigenvalue weighted by molar-refractivity contribution is 0.0733. The van der Waals surface area contributed by atoms with Gasteiger partial charge in [-0.15, -0.1) is 6.58 Å². The van der Waals surface area contributed by atoms with E-state index in [0.29, 0.717) is 11.5 Å². The minimum Gasteiger partial charge on any atom is -0.491 e. The second-order valence-corrected chi connectivity index (χ2v) is 9.62. The van der Waals surface area contributed by atoms with Crippen LogP contribution < -0.4 is 9.47 Å². The van der Waals surface area contributed by atoms with E-state index in [2.05, 4.69) is 11.3 Å². The van der Waals surface area contributed by atoms with Gasteiger partial charge >= 0.3 is 5.97 Å². The van der Waals surface area contributed by atoms with Gasteiger partial charge in [-0.1, -0.05) is 18.6 Å². The van der Waals surface area contributed by atoms with E-state index >= 15 is 4.39 Å². The fraction of sp³-hybridized carbons (Fsp3) is 0.464. The Labute approximate surface area is 199 Å². The highest BCUT2D eigenvalue weighted by Crippen LogP contribution is 2.48. The Morgan fingerprint density at radius 2 is 1.71 bits per heavy atom. The van der Waals surface area contributed by atoms with Gasteiger partial charge in [0.1, 0.15) is 11.6 Å². The van der Waals surface area contributed by atoms with Gasteiger partial charge in [-0.3, -0.25) is 0 Å². The molecule has 0 radical (unpaired) electrons. The van der Waals surface area contributed by atoms with Crippen molar-refractivity contribution in [2.75, 3.05) is 7.11 Å². The van der Waals surface area contributed by atoms with Crippen LogP contribution in [-0.4, -0.2) is 13.1 Å². The van der Waals surface area contributed by atoms with Gasteiger partial charge in [0.2, 0.25) is 0 Å². The molecule has 182 valence electrons. The number of allylic oxidation sites excluding steroid dienone is 1. The van der Waals surface area contributed by atoms with Crippen LogP contribution in [0.5, 0.6) is 11.5 Å². The lowest BCUT2D eigenvalue weighted by Crippen LogP contribution is -2.30. The Bertz CT molecular complexity index is 1030. The summed E-state index contributed by atoms with van der Waals surface area (Å²) in [4.78, 5) is 12.5. The van der Waals surface area contributed by atoms with Gasteiger partial charge in [-0.2, -0.15) is 0 Å². The minimum atomic E-state index is -0.989. The molecular formula is C28H31F3O3. The molecule has 0 amide bonds. The lowest BCUT2D eigenvalue weighted by atomic mass is 9.63. The summed E-state index contributed by atoms with van der Waals surface area (Å²) in [6, 6.07) is 6.05. The van der Waals surface area contributed by atoms with E-state index in [9.17, 15) is 13.6 Å². The van der Waals surface area contributed by atoms with Gasteiger partial charge in [0.15, 0.2) is 17.4 Å². The molecule has 4 rings (SSSR count). The third kappa shape index (κ3) is 5.31. The monoisotopic (exact) mass is 472 g/mol. The second-order valence-electron chi connectivity index (χ2n) is 9.62. The number of methoxy groups -OCH3 is 1. The molecule has 0 spiro atoms. The van der Waals surface area contributed by atoms with Gasteiger partial charge in [0, 0.05) is 12.1 Å². The Morgan fingerprint density at radius 3 is 2.38 bits per heavy atom. The zero-order chi connectivity index (χ0) is 24.2. The Kier molecular flexibility index (Phi) is 7.64. The number of halogens is 3. The average Bonchev–Trinajstić information content (AvgIpc) is 2.82. The summed E-state index contributed by atoms with van der Waals surface area (Å²) >= 11 is 0. The molecule has 34 heavy (non-hydrogen) atoms. The molecule has 2 aliphatic rings. The topological polar surface area (TPSA) is 35.5 Å². The fourth-order valence-electron chi connectivity index (χ4n) is 5.83. The maximum Gasteiger partial charge on any atom is 0.343 e. The number of fused-ring (bicyclic) bond motifs is 1. The highest BCUT2D eigenvalue weighted by atomic mass is 19.1. The summed E-state index contributed by atoms with van der Waals surface area (Å²) in [6.07, 6.45) is 11.0. The molecule has 2 aromatic rings. The van der Waals surface area contributed by atoms with Crippen molar-refractivity contribution in [2.24, 2.45) is 17.8 Å². The van der Waals surface area contributed by atoms with Crippen molar-refractivity contribution in [3.05, 3.63) is 71.6 Å². The van der Waals surface area contributed by atoms with Crippen molar-refractivity contribution < 1.29 is 27.4 Å². The third-order valence-electron chi connectivity index (χ3n) is 7.56. The van der Waals surface area contributed by atoms with Crippen molar-refractivity contribution in [3.8, 4) is 11.5 Å². The average molecular weight is 473 g/mol. The SMILES string of the molecule is C=CCCC1CCC2CC(c3ccc(C(=O)Oc4cc(F)c(OC)c(F)c4)cc3F)CCC2C1. The quantitative estimate of drug-likeness (QED) is 0.236. The maximum atomic E-state index is 15.0. The molecule has 2 saturated carbocycles. The van der Waals surface area contributed by atoms with Gasteiger partial charge in [-0.25, -0.2) is 18.0 Å². The normalized spacial score (nSPS) is 24.2. The summed E-state index contributed by atoms with van der Waals surface area (Å²) in [5.41, 5.74) is 0.625. The predicted molar refractivity (Wildman–Crippen MR) is 125 cm³/mol. The van der Waals surface area contributed by atoms with Crippen LogP contribution in [-0.2, 0) is 0 Å². The Balaban J connectivity index is 1.40. The minimum absolute atomic E-state index is 0.00528. The summed E-state index contributed by atoms with van der Waals surface area (Å²) in [6.45, 7) is 3.83. The molecule has 0 aromatic heterocycles. The van der Waals surface area contributed by atoms with Crippen LogP contribution in [0.1, 0.15) is 73.2 Å². The van der Waals surface area contributed by atoms with Crippen molar-refractivity contribution in [1.82, 2.24) is 0 Å². The lowest BCUT2D eigenvalue weighted by Gasteiger charge is -2.42. The van der Waals surface area contributed by atoms with Crippen molar-refractivity contribution in [3.63, 3.8) is 0 Å². The largest absolute Gasteiger partial charge is 0.491 e. The van der Waals surface area contributed by atoms with Gasteiger partial charge in [0.05, 0.1) is 12.7 Å². The molecular weight excluding hydrogens is 441 g/mol. The Hall–Kier alpha value is -2.76. The number of carbonyl (C=O) groups excluding carboxylic acids is 1. The number of benzene rings is 2. The molecule has 0 saturated heterocycles. The fourth-order valence-corrected chi connectivity index (χ4v) is 5.83. The summed E-state index contributed by atoms with van der Waals surface area (Å²) in [7, 11) is 1.14. The van der Waals surface area contributed by atoms with Crippen LogP contribution >= 0.6 is 0 Å². The maximum absolute atomic E-state index is 15.0. The molecule has 4 unspecified atom stereocenters. The van der Waals surface area contributed by atoms with Crippen molar-refractivity contribution in [1.29, 1.82) is 0 Å². The summed E-state index contributed by atoms with van der Waals surface area (Å²) < 4.78 is 52.4. The predicted octanol–water partition coefficient (Wildman–Crippen LogP) is 7.60. The van der Waals surface area contributed by atoms with E-state index in [1.807, 2.05) is 6.08 Å². The van der Waals surface area contributed by atoms with E-state index in [0.717, 1.165) is 62.8 Å². The van der Waals surface area contributed by atoms with Gasteiger partial charge in [-0.05, 0) is 86.3 Å². The first-order chi connectivity index (χ1) is 16.4. The molecule has 0 N–H and O–H groups in total. The smallest absolute Gasteiger partial charge is 0.343 e. The number of esters is 1. The first kappa shape index (κ1) is 24.4. The molecule has 0 heterocycles. The first-order valence-electron chi connectivity index (χ1n) is 12.0. The Morgan fingerprint density at radius 1 is 1.00 bits per heavy atom. The number of carbonyl (C=O) groups is 1. The van der Waals surface area contributed by atoms with Crippen LogP contribution in [0.25, 0.3) is 0 Å². The highest BCUT2D eigenvalue weighted by molar-refractivity contribution is 5.91. The van der Waals surface area contributed by atoms with Crippen LogP contribution in [0, 0.1) is 35.2 Å². The number of hydrogen-bond acceptors (Lipinski definition) is 3. The van der Waals surface area contributed by atoms with Crippen LogP contribution in [0.4, 0.5) is 13.2 Å². The molecule has 3 nitrogen and oxygen atoms in total. The standard InChI is InChI=1S/C28H31F3O3/c1-3-4-5-17-6-7-19-13-20(9-8-18(19)12-17)23-11-10-21(14-24(23)29)28(32)34-22-15-25(30)27(33-2)26(31)16-22/h3,10-11,14-20H,1,4-9,12-13H2,2H3. The van der Waals surface area contributed by atoms with E-state index < -0.39 is 29.2 Å². The van der Waals surface area contributed by atoms with Crippen LogP contribution in [0.15, 0.2) is 43.0 Å². The zero-order valence-electron chi connectivity index (χ0n) is 19.5. The number of hydrogen-bond donors (Lipinski definition) is 0. The first-order valence-corrected chi connectivity index (χ1v) is 12.0. The van der Waals surface area contributed by atoms with Crippen LogP contribution in [0.3, 0.4) is 0 Å². The number of ether oxygens (including phenoxy) is 2. The van der Waals surface area contributed by atoms with Crippen LogP contribution in [0.2, 0.25) is 0 Å². The van der Waals surface area contributed by atoms with E-state index in [1.165, 1.54) is 31.7 Å². The molecule has 0 bridgehead atoms. The van der Waals surface area contributed by atoms with Crippen molar-refractivity contribution >= 4 is 5.97 Å². The molecule has 6 heteroatoms. The summed E-state index contributed by atoms with van der Waals surface area (Å²) in [5, 5.41) is 0. The van der Waals surface area contributed by atoms with E-state index in [1.54, 1.807) is 6.07 Å². The third-order valence-corrected chi connectivity index (χ3v) is 7.56. The number of rotatable bonds is 7. The zero-order valence-corrected chi connectivity index (χ0v) is 19.5. The summed E-state index contributed by atoms with van der Waals surface area (Å²) in [5.74, 6) is -1.89. The van der Waals surface area contributed by atoms with Crippen molar-refractivity contribution in [2.45, 2.75) is 57.3 Å². The van der Waals surface area contributed by atoms with Gasteiger partial charge in [0.25, 0.3) is 0 Å². The van der Waals surface area contributed by atoms with E-state index in [-0.39, 0.29) is 17.2 Å². The molecule has 2 aromatic carbocycles. The molecule has 2 aliphatic carbocycles. The molecule has 4 atom stereocenters. The highest BCUT2D eigenvalue weighted by Gasteiger charge is 2.36. The second kappa shape index (κ2) is 10.7. The molecule has 2 fully saturated rings.